The molecule has 9 heteroatoms. The first-order valence-corrected chi connectivity index (χ1v) is 9.58. The minimum Gasteiger partial charge on any atom is -0.489 e. The highest BCUT2D eigenvalue weighted by atomic mass is 19.1. The van der Waals surface area contributed by atoms with Crippen molar-refractivity contribution in [2.24, 2.45) is 0 Å². The molecule has 0 unspecified atom stereocenters. The van der Waals surface area contributed by atoms with Crippen molar-refractivity contribution < 1.29 is 18.7 Å². The van der Waals surface area contributed by atoms with Crippen molar-refractivity contribution in [1.29, 1.82) is 0 Å². The van der Waals surface area contributed by atoms with E-state index < -0.39 is 0 Å². The number of ether oxygens (including phenoxy) is 2. The Bertz CT molecular complexity index is 1100. The summed E-state index contributed by atoms with van der Waals surface area (Å²) < 4.78 is 27.4. The molecule has 2 aliphatic heterocycles. The summed E-state index contributed by atoms with van der Waals surface area (Å²) in [5, 5.41) is 7.11. The van der Waals surface area contributed by atoms with Gasteiger partial charge in [0.25, 0.3) is 5.91 Å². The number of halogens is 1. The molecule has 1 aromatic carbocycles. The fourth-order valence-corrected chi connectivity index (χ4v) is 3.65. The number of amides is 1. The second-order valence-electron chi connectivity index (χ2n) is 7.27. The monoisotopic (exact) mass is 397 g/mol. The zero-order valence-corrected chi connectivity index (χ0v) is 15.9. The molecule has 1 amide bonds. The van der Waals surface area contributed by atoms with Crippen LogP contribution in [0.2, 0.25) is 0 Å². The number of benzene rings is 1. The van der Waals surface area contributed by atoms with Gasteiger partial charge in [-0.2, -0.15) is 5.10 Å². The SMILES string of the molecule is C[C@H]1CNC(=O)c2cnn3cc4c(nc23)N(CCCO4)Cc2cc(F)ccc2O1. The van der Waals surface area contributed by atoms with Crippen molar-refractivity contribution in [2.75, 3.05) is 24.6 Å². The largest absolute Gasteiger partial charge is 0.489 e. The van der Waals surface area contributed by atoms with Gasteiger partial charge in [-0.25, -0.2) is 13.9 Å². The molecule has 1 N–H and O–H groups in total. The number of hydrogen-bond donors (Lipinski definition) is 1. The average molecular weight is 397 g/mol. The third-order valence-corrected chi connectivity index (χ3v) is 5.08. The molecule has 5 rings (SSSR count). The van der Waals surface area contributed by atoms with E-state index in [0.717, 1.165) is 6.42 Å². The normalized spacial score (nSPS) is 19.2. The lowest BCUT2D eigenvalue weighted by atomic mass is 10.1. The highest BCUT2D eigenvalue weighted by Crippen LogP contribution is 2.33. The van der Waals surface area contributed by atoms with Crippen LogP contribution in [0.25, 0.3) is 5.65 Å². The quantitative estimate of drug-likeness (QED) is 0.626. The average Bonchev–Trinajstić information content (AvgIpc) is 3.02. The van der Waals surface area contributed by atoms with E-state index >= 15 is 0 Å². The van der Waals surface area contributed by atoms with Crippen molar-refractivity contribution >= 4 is 17.4 Å². The van der Waals surface area contributed by atoms with Gasteiger partial charge in [0, 0.05) is 18.7 Å². The molecule has 150 valence electrons. The molecular weight excluding hydrogens is 377 g/mol. The molecule has 29 heavy (non-hydrogen) atoms. The molecule has 0 fully saturated rings. The molecule has 4 heterocycles. The van der Waals surface area contributed by atoms with Crippen molar-refractivity contribution in [1.82, 2.24) is 19.9 Å². The van der Waals surface area contributed by atoms with Crippen LogP contribution in [0, 0.1) is 5.82 Å². The van der Waals surface area contributed by atoms with E-state index in [1.807, 2.05) is 11.8 Å². The van der Waals surface area contributed by atoms with E-state index in [9.17, 15) is 9.18 Å². The lowest BCUT2D eigenvalue weighted by Crippen LogP contribution is -2.33. The van der Waals surface area contributed by atoms with E-state index in [0.29, 0.717) is 60.3 Å². The molecule has 1 atom stereocenters. The Morgan fingerprint density at radius 2 is 2.21 bits per heavy atom. The van der Waals surface area contributed by atoms with Gasteiger partial charge < -0.3 is 19.7 Å². The summed E-state index contributed by atoms with van der Waals surface area (Å²) in [7, 11) is 0. The second-order valence-corrected chi connectivity index (χ2v) is 7.27. The van der Waals surface area contributed by atoms with Crippen molar-refractivity contribution in [3.05, 3.63) is 47.5 Å². The maximum Gasteiger partial charge on any atom is 0.256 e. The fourth-order valence-electron chi connectivity index (χ4n) is 3.65. The predicted octanol–water partition coefficient (Wildman–Crippen LogP) is 2.17. The van der Waals surface area contributed by atoms with Gasteiger partial charge in [0.15, 0.2) is 17.2 Å². The molecule has 3 aromatic rings. The van der Waals surface area contributed by atoms with Crippen LogP contribution in [-0.2, 0) is 6.54 Å². The van der Waals surface area contributed by atoms with Gasteiger partial charge in [0.05, 0.1) is 25.5 Å². The summed E-state index contributed by atoms with van der Waals surface area (Å²) in [5.74, 6) is 1.16. The first-order valence-electron chi connectivity index (χ1n) is 9.58. The Kier molecular flexibility index (Phi) is 4.22. The first-order chi connectivity index (χ1) is 14.1. The molecule has 0 saturated carbocycles. The molecular formula is C20H20FN5O3. The zero-order chi connectivity index (χ0) is 20.0. The van der Waals surface area contributed by atoms with Crippen molar-refractivity contribution in [3.63, 3.8) is 0 Å². The van der Waals surface area contributed by atoms with Crippen LogP contribution in [0.3, 0.4) is 0 Å². The van der Waals surface area contributed by atoms with Crippen LogP contribution in [0.4, 0.5) is 10.2 Å². The number of hydrogen-bond acceptors (Lipinski definition) is 6. The van der Waals surface area contributed by atoms with Gasteiger partial charge in [-0.1, -0.05) is 0 Å². The minimum atomic E-state index is -0.328. The molecule has 2 aliphatic rings. The summed E-state index contributed by atoms with van der Waals surface area (Å²) >= 11 is 0. The van der Waals surface area contributed by atoms with Crippen LogP contribution in [0.5, 0.6) is 11.5 Å². The Morgan fingerprint density at radius 1 is 1.31 bits per heavy atom. The number of fused-ring (bicyclic) bond motifs is 1. The number of nitrogens with zero attached hydrogens (tertiary/aromatic N) is 4. The number of anilines is 1. The summed E-state index contributed by atoms with van der Waals surface area (Å²) in [6.45, 7) is 3.78. The van der Waals surface area contributed by atoms with Crippen LogP contribution >= 0.6 is 0 Å². The number of aromatic nitrogens is 3. The molecule has 0 spiro atoms. The van der Waals surface area contributed by atoms with E-state index in [-0.39, 0.29) is 17.8 Å². The predicted molar refractivity (Wildman–Crippen MR) is 103 cm³/mol. The fraction of sp³-hybridized carbons (Fsp3) is 0.350. The van der Waals surface area contributed by atoms with Gasteiger partial charge in [-0.3, -0.25) is 4.79 Å². The van der Waals surface area contributed by atoms with E-state index in [2.05, 4.69) is 10.4 Å². The first kappa shape index (κ1) is 17.7. The third kappa shape index (κ3) is 3.22. The van der Waals surface area contributed by atoms with Crippen molar-refractivity contribution in [3.8, 4) is 11.5 Å². The number of carbonyl (C=O) groups excluding carboxylic acids is 1. The standard InChI is InChI=1S/C20H20FN5O3/c1-12-8-22-20(27)15-9-23-26-11-17-19(24-18(15)26)25(5-2-6-28-17)10-13-7-14(21)3-4-16(13)29-12/h3-4,7,9,11-12H,2,5-6,8,10H2,1H3,(H,22,27)/t12-/m0/s1. The van der Waals surface area contributed by atoms with E-state index in [1.54, 1.807) is 16.8 Å². The highest BCUT2D eigenvalue weighted by molar-refractivity contribution is 5.99. The molecule has 2 bridgehead atoms. The van der Waals surface area contributed by atoms with Crippen LogP contribution < -0.4 is 19.7 Å². The van der Waals surface area contributed by atoms with Gasteiger partial charge in [-0.05, 0) is 31.5 Å². The highest BCUT2D eigenvalue weighted by Gasteiger charge is 2.25. The number of rotatable bonds is 0. The number of nitrogens with one attached hydrogen (secondary N) is 1. The minimum absolute atomic E-state index is 0.275. The lowest BCUT2D eigenvalue weighted by molar-refractivity contribution is 0.0933. The summed E-state index contributed by atoms with van der Waals surface area (Å²) in [4.78, 5) is 19.4. The van der Waals surface area contributed by atoms with Crippen LogP contribution in [-0.4, -0.2) is 46.3 Å². The molecule has 0 radical (unpaired) electrons. The smallest absolute Gasteiger partial charge is 0.256 e. The van der Waals surface area contributed by atoms with Gasteiger partial charge in [0.2, 0.25) is 0 Å². The number of carbonyl (C=O) groups is 1. The van der Waals surface area contributed by atoms with Gasteiger partial charge in [-0.15, -0.1) is 0 Å². The lowest BCUT2D eigenvalue weighted by Gasteiger charge is -2.24. The Morgan fingerprint density at radius 3 is 3.10 bits per heavy atom. The Labute approximate surface area is 166 Å². The van der Waals surface area contributed by atoms with Gasteiger partial charge in [0.1, 0.15) is 23.2 Å². The van der Waals surface area contributed by atoms with Crippen molar-refractivity contribution in [2.45, 2.75) is 26.0 Å². The van der Waals surface area contributed by atoms with E-state index in [4.69, 9.17) is 14.5 Å². The molecule has 0 saturated heterocycles. The topological polar surface area (TPSA) is 81.0 Å². The summed E-state index contributed by atoms with van der Waals surface area (Å²) in [6.07, 6.45) is 3.72. The summed E-state index contributed by atoms with van der Waals surface area (Å²) in [5.41, 5.74) is 1.54. The second kappa shape index (κ2) is 6.91. The molecule has 0 aliphatic carbocycles. The van der Waals surface area contributed by atoms with Crippen LogP contribution in [0.15, 0.2) is 30.6 Å². The third-order valence-electron chi connectivity index (χ3n) is 5.08. The zero-order valence-electron chi connectivity index (χ0n) is 15.9. The Hall–Kier alpha value is -3.36. The molecule has 2 aromatic heterocycles. The van der Waals surface area contributed by atoms with Crippen LogP contribution in [0.1, 0.15) is 29.3 Å². The maximum atomic E-state index is 14.0. The van der Waals surface area contributed by atoms with E-state index in [1.165, 1.54) is 18.3 Å². The molecule has 8 nitrogen and oxygen atoms in total. The Balaban J connectivity index is 1.69. The van der Waals surface area contributed by atoms with Gasteiger partial charge >= 0.3 is 0 Å². The maximum absolute atomic E-state index is 14.0. The summed E-state index contributed by atoms with van der Waals surface area (Å²) in [6, 6.07) is 4.49.